The Labute approximate surface area is 245 Å². The second-order valence-electron chi connectivity index (χ2n) is 12.3. The van der Waals surface area contributed by atoms with Gasteiger partial charge in [0.15, 0.2) is 11.5 Å². The Morgan fingerprint density at radius 3 is 2.73 bits per heavy atom. The third kappa shape index (κ3) is 5.17. The molecule has 0 spiro atoms. The van der Waals surface area contributed by atoms with E-state index in [2.05, 4.69) is 61.1 Å². The third-order valence-corrected chi connectivity index (χ3v) is 10.1. The molecule has 5 heterocycles. The predicted octanol–water partition coefficient (Wildman–Crippen LogP) is 4.34. The summed E-state index contributed by atoms with van der Waals surface area (Å²) in [6.45, 7) is 11.4. The van der Waals surface area contributed by atoms with E-state index in [0.717, 1.165) is 61.6 Å². The van der Waals surface area contributed by atoms with E-state index in [4.69, 9.17) is 25.0 Å². The third-order valence-electron chi connectivity index (χ3n) is 9.03. The molecule has 3 aromatic rings. The Balaban J connectivity index is 1.37. The van der Waals surface area contributed by atoms with Gasteiger partial charge in [0.1, 0.15) is 28.8 Å². The number of likely N-dealkylation sites (N-methyl/N-ethyl adjacent to an activating group) is 1. The molecule has 0 radical (unpaired) electrons. The minimum atomic E-state index is -0.500. The standard InChI is InChI=1S/C30H40N8O2S/c1-17-15-38(16-18(2)33-17)25-13-26(39-19(3)22-8-7-11-37(22)5)35-29(34-25)21-12-24(40-36-21)30(4)10-6-9-23-27(30)20(14-31)28(32)41-23/h12-13,17-19,22,33H,6-11,15-16,32H2,1-5H3/t17-,18-,19-,22-,30+/m0/s1. The Morgan fingerprint density at radius 2 is 2.02 bits per heavy atom. The van der Waals surface area contributed by atoms with Crippen LogP contribution in [0.15, 0.2) is 16.7 Å². The van der Waals surface area contributed by atoms with Crippen LogP contribution in [0.4, 0.5) is 10.8 Å². The number of anilines is 2. The highest BCUT2D eigenvalue weighted by atomic mass is 32.1. The van der Waals surface area contributed by atoms with Crippen LogP contribution in [0.25, 0.3) is 11.5 Å². The maximum absolute atomic E-state index is 9.90. The van der Waals surface area contributed by atoms with Gasteiger partial charge in [0.05, 0.1) is 11.0 Å². The highest BCUT2D eigenvalue weighted by molar-refractivity contribution is 7.16. The van der Waals surface area contributed by atoms with Gasteiger partial charge in [-0.3, -0.25) is 4.90 Å². The Bertz CT molecular complexity index is 1450. The maximum atomic E-state index is 9.90. The first-order valence-corrected chi connectivity index (χ1v) is 15.5. The van der Waals surface area contributed by atoms with Gasteiger partial charge in [-0.25, -0.2) is 4.98 Å². The molecule has 3 N–H and O–H groups in total. The monoisotopic (exact) mass is 576 g/mol. The van der Waals surface area contributed by atoms with Crippen molar-refractivity contribution in [1.82, 2.24) is 25.3 Å². The van der Waals surface area contributed by atoms with E-state index in [1.807, 2.05) is 12.1 Å². The van der Waals surface area contributed by atoms with E-state index >= 15 is 0 Å². The molecule has 2 fully saturated rings. The molecular weight excluding hydrogens is 536 g/mol. The molecule has 5 atom stereocenters. The smallest absolute Gasteiger partial charge is 0.219 e. The summed E-state index contributed by atoms with van der Waals surface area (Å²) < 4.78 is 12.5. The summed E-state index contributed by atoms with van der Waals surface area (Å²) in [6, 6.07) is 7.25. The first kappa shape index (κ1) is 27.9. The number of nitrogen functional groups attached to an aromatic ring is 1. The number of fused-ring (bicyclic) bond motifs is 1. The van der Waals surface area contributed by atoms with Crippen molar-refractivity contribution >= 4 is 22.2 Å². The summed E-state index contributed by atoms with van der Waals surface area (Å²) in [5.41, 5.74) is 7.85. The van der Waals surface area contributed by atoms with Crippen LogP contribution < -0.4 is 20.7 Å². The number of aryl methyl sites for hydroxylation is 1. The van der Waals surface area contributed by atoms with Crippen molar-refractivity contribution in [3.8, 4) is 23.5 Å². The number of piperazine rings is 1. The van der Waals surface area contributed by atoms with Crippen molar-refractivity contribution in [2.45, 2.75) is 89.4 Å². The summed E-state index contributed by atoms with van der Waals surface area (Å²) in [5, 5.41) is 18.5. The molecule has 0 unspecified atom stereocenters. The number of hydrogen-bond acceptors (Lipinski definition) is 11. The van der Waals surface area contributed by atoms with Crippen molar-refractivity contribution in [3.05, 3.63) is 33.9 Å². The zero-order valence-electron chi connectivity index (χ0n) is 24.6. The van der Waals surface area contributed by atoms with Crippen LogP contribution in [0, 0.1) is 11.3 Å². The molecule has 3 aliphatic rings. The van der Waals surface area contributed by atoms with E-state index in [9.17, 15) is 5.26 Å². The Morgan fingerprint density at radius 1 is 1.24 bits per heavy atom. The molecule has 3 aromatic heterocycles. The van der Waals surface area contributed by atoms with E-state index in [1.54, 1.807) is 0 Å². The van der Waals surface area contributed by atoms with Gasteiger partial charge < -0.3 is 25.2 Å². The summed E-state index contributed by atoms with van der Waals surface area (Å²) in [6.07, 6.45) is 5.03. The fraction of sp³-hybridized carbons (Fsp3) is 0.600. The SMILES string of the molecule is C[C@H](Oc1cc(N2C[C@H](C)N[C@@H](C)C2)nc(-c2cc([C@@]3(C)CCCc4sc(N)c(C#N)c43)on2)n1)[C@@H]1CCCN1C. The lowest BCUT2D eigenvalue weighted by atomic mass is 9.71. The van der Waals surface area contributed by atoms with Crippen molar-refractivity contribution in [3.63, 3.8) is 0 Å². The summed E-state index contributed by atoms with van der Waals surface area (Å²) >= 11 is 1.52. The second-order valence-corrected chi connectivity index (χ2v) is 13.4. The zero-order valence-corrected chi connectivity index (χ0v) is 25.4. The minimum Gasteiger partial charge on any atom is -0.473 e. The van der Waals surface area contributed by atoms with Crippen molar-refractivity contribution in [1.29, 1.82) is 5.26 Å². The van der Waals surface area contributed by atoms with E-state index in [0.29, 0.717) is 51.8 Å². The summed E-state index contributed by atoms with van der Waals surface area (Å²) in [7, 11) is 2.16. The number of aromatic nitrogens is 3. The molecule has 41 heavy (non-hydrogen) atoms. The first-order valence-electron chi connectivity index (χ1n) is 14.7. The van der Waals surface area contributed by atoms with Gasteiger partial charge in [-0.1, -0.05) is 5.16 Å². The number of nitriles is 1. The van der Waals surface area contributed by atoms with Gasteiger partial charge in [0, 0.05) is 48.2 Å². The Hall–Kier alpha value is -3.20. The van der Waals surface area contributed by atoms with Gasteiger partial charge in [0.2, 0.25) is 5.88 Å². The topological polar surface area (TPSA) is 129 Å². The van der Waals surface area contributed by atoms with Gasteiger partial charge in [-0.2, -0.15) is 10.2 Å². The summed E-state index contributed by atoms with van der Waals surface area (Å²) in [5.74, 6) is 2.54. The number of rotatable bonds is 6. The largest absolute Gasteiger partial charge is 0.473 e. The number of nitrogens with zero attached hydrogens (tertiary/aromatic N) is 6. The van der Waals surface area contributed by atoms with E-state index < -0.39 is 5.41 Å². The lowest BCUT2D eigenvalue weighted by Gasteiger charge is -2.37. The molecule has 0 aromatic carbocycles. The van der Waals surface area contributed by atoms with Gasteiger partial charge in [-0.15, -0.1) is 11.3 Å². The second kappa shape index (κ2) is 10.9. The zero-order chi connectivity index (χ0) is 28.9. The quantitative estimate of drug-likeness (QED) is 0.437. The molecular formula is C30H40N8O2S. The molecule has 0 amide bonds. The maximum Gasteiger partial charge on any atom is 0.219 e. The molecule has 2 aliphatic heterocycles. The van der Waals surface area contributed by atoms with Crippen molar-refractivity contribution in [2.24, 2.45) is 0 Å². The number of hydrogen-bond donors (Lipinski definition) is 2. The molecule has 0 bridgehead atoms. The van der Waals surface area contributed by atoms with Gasteiger partial charge in [0.25, 0.3) is 0 Å². The lowest BCUT2D eigenvalue weighted by Crippen LogP contribution is -2.54. The van der Waals surface area contributed by atoms with Crippen molar-refractivity contribution < 1.29 is 9.26 Å². The number of nitrogens with one attached hydrogen (secondary N) is 1. The van der Waals surface area contributed by atoms with Crippen LogP contribution in [0.2, 0.25) is 0 Å². The van der Waals surface area contributed by atoms with Crippen molar-refractivity contribution in [2.75, 3.05) is 37.3 Å². The average molecular weight is 577 g/mol. The van der Waals surface area contributed by atoms with Crippen LogP contribution in [0.1, 0.15) is 75.1 Å². The molecule has 0 saturated carbocycles. The summed E-state index contributed by atoms with van der Waals surface area (Å²) in [4.78, 5) is 15.6. The predicted molar refractivity (Wildman–Crippen MR) is 160 cm³/mol. The lowest BCUT2D eigenvalue weighted by molar-refractivity contribution is 0.117. The molecule has 2 saturated heterocycles. The molecule has 1 aliphatic carbocycles. The number of nitrogens with two attached hydrogens (primary N) is 1. The van der Waals surface area contributed by atoms with Crippen LogP contribution in [-0.4, -0.2) is 70.9 Å². The molecule has 6 rings (SSSR count). The first-order chi connectivity index (χ1) is 19.7. The number of ether oxygens (including phenoxy) is 1. The fourth-order valence-corrected chi connectivity index (χ4v) is 8.24. The number of thiophene rings is 1. The molecule has 218 valence electrons. The van der Waals surface area contributed by atoms with Crippen LogP contribution in [-0.2, 0) is 11.8 Å². The van der Waals surface area contributed by atoms with Crippen LogP contribution >= 0.6 is 11.3 Å². The average Bonchev–Trinajstić information content (AvgIpc) is 3.67. The Kier molecular flexibility index (Phi) is 7.42. The molecule has 11 heteroatoms. The van der Waals surface area contributed by atoms with Crippen LogP contribution in [0.5, 0.6) is 5.88 Å². The highest BCUT2D eigenvalue weighted by Gasteiger charge is 2.42. The van der Waals surface area contributed by atoms with E-state index in [1.165, 1.54) is 17.8 Å². The number of likely N-dealkylation sites (tertiary alicyclic amines) is 1. The molecule has 10 nitrogen and oxygen atoms in total. The van der Waals surface area contributed by atoms with Gasteiger partial charge >= 0.3 is 0 Å². The van der Waals surface area contributed by atoms with Gasteiger partial charge in [-0.05, 0) is 79.0 Å². The van der Waals surface area contributed by atoms with E-state index in [-0.39, 0.29) is 6.10 Å². The highest BCUT2D eigenvalue weighted by Crippen LogP contribution is 2.49. The normalized spacial score (nSPS) is 27.4. The minimum absolute atomic E-state index is 0.0140. The van der Waals surface area contributed by atoms with Crippen LogP contribution in [0.3, 0.4) is 0 Å². The fourth-order valence-electron chi connectivity index (χ4n) is 7.04.